The van der Waals surface area contributed by atoms with Crippen molar-refractivity contribution >= 4 is 11.0 Å². The zero-order chi connectivity index (χ0) is 18.3. The number of aromatic nitrogens is 5. The maximum Gasteiger partial charge on any atom is 0.156 e. The lowest BCUT2D eigenvalue weighted by Crippen LogP contribution is -2.18. The number of aliphatic hydroxyl groups is 1. The van der Waals surface area contributed by atoms with Crippen LogP contribution in [0.4, 0.5) is 0 Å². The molecule has 0 aliphatic rings. The van der Waals surface area contributed by atoms with Gasteiger partial charge in [-0.1, -0.05) is 25.1 Å². The van der Waals surface area contributed by atoms with E-state index in [2.05, 4.69) is 48.2 Å². The molecule has 1 aromatic carbocycles. The Labute approximate surface area is 150 Å². The quantitative estimate of drug-likeness (QED) is 0.574. The fourth-order valence-electron chi connectivity index (χ4n) is 3.16. The Bertz CT molecular complexity index is 1040. The van der Waals surface area contributed by atoms with Crippen molar-refractivity contribution in [2.75, 3.05) is 0 Å². The van der Waals surface area contributed by atoms with E-state index in [-0.39, 0.29) is 18.6 Å². The van der Waals surface area contributed by atoms with E-state index in [1.54, 1.807) is 12.1 Å². The van der Waals surface area contributed by atoms with Gasteiger partial charge in [0.05, 0.1) is 17.2 Å². The van der Waals surface area contributed by atoms with E-state index in [9.17, 15) is 0 Å². The predicted molar refractivity (Wildman–Crippen MR) is 97.5 cm³/mol. The lowest BCUT2D eigenvalue weighted by Gasteiger charge is -2.18. The number of aromatic amines is 1. The van der Waals surface area contributed by atoms with E-state index in [1.807, 2.05) is 16.9 Å². The van der Waals surface area contributed by atoms with Crippen LogP contribution in [0.25, 0.3) is 22.5 Å². The molecule has 3 aromatic heterocycles. The van der Waals surface area contributed by atoms with Crippen molar-refractivity contribution in [3.8, 4) is 11.5 Å². The van der Waals surface area contributed by atoms with Gasteiger partial charge in [0.25, 0.3) is 0 Å². The molecule has 0 spiro atoms. The monoisotopic (exact) mass is 351 g/mol. The third kappa shape index (κ3) is 2.90. The Morgan fingerprint density at radius 3 is 2.81 bits per heavy atom. The topological polar surface area (TPSA) is 92.8 Å². The first-order valence-corrected chi connectivity index (χ1v) is 8.63. The van der Waals surface area contributed by atoms with Gasteiger partial charge in [0.15, 0.2) is 5.76 Å². The van der Waals surface area contributed by atoms with Gasteiger partial charge in [-0.25, -0.2) is 9.67 Å². The number of rotatable bonds is 5. The molecular formula is C19H21N5O2. The summed E-state index contributed by atoms with van der Waals surface area (Å²) in [4.78, 5) is 8.17. The van der Waals surface area contributed by atoms with Gasteiger partial charge in [-0.3, -0.25) is 0 Å². The van der Waals surface area contributed by atoms with Crippen LogP contribution in [-0.4, -0.2) is 30.1 Å². The first kappa shape index (κ1) is 16.5. The lowest BCUT2D eigenvalue weighted by molar-refractivity contribution is 0.248. The average Bonchev–Trinajstić information content (AvgIpc) is 3.33. The second-order valence-electron chi connectivity index (χ2n) is 6.84. The van der Waals surface area contributed by atoms with Crippen LogP contribution in [0.5, 0.6) is 0 Å². The largest absolute Gasteiger partial charge is 0.457 e. The highest BCUT2D eigenvalue weighted by atomic mass is 16.4. The number of nitrogens with zero attached hydrogens (tertiary/aromatic N) is 4. The van der Waals surface area contributed by atoms with E-state index in [0.29, 0.717) is 17.2 Å². The van der Waals surface area contributed by atoms with Crippen molar-refractivity contribution in [2.45, 2.75) is 33.4 Å². The Morgan fingerprint density at radius 2 is 2.08 bits per heavy atom. The molecule has 4 rings (SSSR count). The number of nitrogens with one attached hydrogen (secondary N) is 1. The third-order valence-electron chi connectivity index (χ3n) is 4.43. The van der Waals surface area contributed by atoms with E-state index < -0.39 is 0 Å². The zero-order valence-electron chi connectivity index (χ0n) is 15.0. The molecule has 0 aliphatic carbocycles. The molecule has 0 amide bonds. The summed E-state index contributed by atoms with van der Waals surface area (Å²) in [5.74, 6) is 2.20. The third-order valence-corrected chi connectivity index (χ3v) is 4.43. The van der Waals surface area contributed by atoms with E-state index in [1.165, 1.54) is 5.56 Å². The summed E-state index contributed by atoms with van der Waals surface area (Å²) in [5, 5.41) is 17.7. The number of imidazole rings is 1. The van der Waals surface area contributed by atoms with Crippen molar-refractivity contribution in [1.29, 1.82) is 0 Å². The summed E-state index contributed by atoms with van der Waals surface area (Å²) in [6, 6.07) is 9.62. The van der Waals surface area contributed by atoms with Gasteiger partial charge in [0, 0.05) is 0 Å². The van der Waals surface area contributed by atoms with Crippen molar-refractivity contribution in [3.05, 3.63) is 53.7 Å². The van der Waals surface area contributed by atoms with E-state index >= 15 is 0 Å². The number of aliphatic hydroxyl groups excluding tert-OH is 1. The number of fused-ring (bicyclic) bond motifs is 1. The molecule has 0 fully saturated rings. The van der Waals surface area contributed by atoms with Crippen molar-refractivity contribution in [2.24, 2.45) is 5.92 Å². The number of aryl methyl sites for hydroxylation is 1. The number of H-pyrrole nitrogens is 1. The Morgan fingerprint density at radius 1 is 1.23 bits per heavy atom. The molecule has 0 saturated heterocycles. The van der Waals surface area contributed by atoms with E-state index in [0.717, 1.165) is 16.9 Å². The van der Waals surface area contributed by atoms with Crippen LogP contribution in [0.2, 0.25) is 0 Å². The Kier molecular flexibility index (Phi) is 4.08. The van der Waals surface area contributed by atoms with Crippen LogP contribution in [0.3, 0.4) is 0 Å². The van der Waals surface area contributed by atoms with Gasteiger partial charge >= 0.3 is 0 Å². The molecule has 2 N–H and O–H groups in total. The Balaban J connectivity index is 1.72. The van der Waals surface area contributed by atoms with Gasteiger partial charge < -0.3 is 14.5 Å². The first-order chi connectivity index (χ1) is 12.5. The Hall–Kier alpha value is -2.93. The highest BCUT2D eigenvalue weighted by Crippen LogP contribution is 2.28. The summed E-state index contributed by atoms with van der Waals surface area (Å²) in [7, 11) is 0. The van der Waals surface area contributed by atoms with Gasteiger partial charge in [-0.05, 0) is 42.7 Å². The molecule has 0 saturated carbocycles. The minimum absolute atomic E-state index is 0.0729. The molecule has 7 heteroatoms. The molecule has 1 atom stereocenters. The van der Waals surface area contributed by atoms with Gasteiger partial charge in [-0.2, -0.15) is 0 Å². The normalized spacial score (nSPS) is 13.0. The molecule has 4 aromatic rings. The summed E-state index contributed by atoms with van der Waals surface area (Å²) in [6.07, 6.45) is 1.85. The molecule has 0 radical (unpaired) electrons. The molecule has 1 unspecified atom stereocenters. The summed E-state index contributed by atoms with van der Waals surface area (Å²) >= 11 is 0. The maximum atomic E-state index is 9.15. The van der Waals surface area contributed by atoms with Gasteiger partial charge in [-0.15, -0.1) is 5.10 Å². The van der Waals surface area contributed by atoms with Crippen molar-refractivity contribution < 1.29 is 9.52 Å². The summed E-state index contributed by atoms with van der Waals surface area (Å²) < 4.78 is 7.36. The molecular weight excluding hydrogens is 330 g/mol. The molecule has 3 heterocycles. The molecule has 0 aliphatic heterocycles. The SMILES string of the molecule is Cc1ccc2nc(C(C(C)C)n3cc(-c4ccc(CO)o4)nn3)[nH]c2c1. The van der Waals surface area contributed by atoms with Crippen LogP contribution in [0, 0.1) is 12.8 Å². The smallest absolute Gasteiger partial charge is 0.156 e. The molecule has 26 heavy (non-hydrogen) atoms. The highest BCUT2D eigenvalue weighted by Gasteiger charge is 2.24. The predicted octanol–water partition coefficient (Wildman–Crippen LogP) is 3.46. The lowest BCUT2D eigenvalue weighted by atomic mass is 10.0. The maximum absolute atomic E-state index is 9.15. The zero-order valence-corrected chi connectivity index (χ0v) is 15.0. The number of benzene rings is 1. The van der Waals surface area contributed by atoms with Crippen LogP contribution in [-0.2, 0) is 6.61 Å². The van der Waals surface area contributed by atoms with E-state index in [4.69, 9.17) is 14.5 Å². The molecule has 7 nitrogen and oxygen atoms in total. The van der Waals surface area contributed by atoms with Crippen LogP contribution in [0.1, 0.15) is 37.0 Å². The fraction of sp³-hybridized carbons (Fsp3) is 0.316. The van der Waals surface area contributed by atoms with Crippen LogP contribution in [0.15, 0.2) is 40.9 Å². The number of hydrogen-bond acceptors (Lipinski definition) is 5. The highest BCUT2D eigenvalue weighted by molar-refractivity contribution is 5.75. The minimum atomic E-state index is -0.138. The second kappa shape index (κ2) is 6.42. The second-order valence-corrected chi connectivity index (χ2v) is 6.84. The minimum Gasteiger partial charge on any atom is -0.457 e. The van der Waals surface area contributed by atoms with Gasteiger partial charge in [0.2, 0.25) is 0 Å². The first-order valence-electron chi connectivity index (χ1n) is 8.63. The summed E-state index contributed by atoms with van der Waals surface area (Å²) in [6.45, 7) is 6.18. The number of hydrogen-bond donors (Lipinski definition) is 2. The van der Waals surface area contributed by atoms with Crippen LogP contribution < -0.4 is 0 Å². The fourth-order valence-corrected chi connectivity index (χ4v) is 3.16. The van der Waals surface area contributed by atoms with Crippen molar-refractivity contribution in [1.82, 2.24) is 25.0 Å². The summed E-state index contributed by atoms with van der Waals surface area (Å²) in [5.41, 5.74) is 3.77. The standard InChI is InChI=1S/C19H21N5O2/c1-11(2)18(19-20-14-6-4-12(3)8-15(14)21-19)24-9-16(22-23-24)17-7-5-13(10-25)26-17/h4-9,11,18,25H,10H2,1-3H3,(H,20,21). The van der Waals surface area contributed by atoms with Crippen LogP contribution >= 0.6 is 0 Å². The molecule has 134 valence electrons. The number of furan rings is 1. The average molecular weight is 351 g/mol. The molecule has 0 bridgehead atoms. The van der Waals surface area contributed by atoms with Gasteiger partial charge in [0.1, 0.15) is 29.9 Å². The van der Waals surface area contributed by atoms with Crippen molar-refractivity contribution in [3.63, 3.8) is 0 Å².